The third-order valence-electron chi connectivity index (χ3n) is 2.74. The Kier molecular flexibility index (Phi) is 5.85. The van der Waals surface area contributed by atoms with Crippen molar-refractivity contribution < 1.29 is 9.18 Å². The summed E-state index contributed by atoms with van der Waals surface area (Å²) < 4.78 is 13.6. The van der Waals surface area contributed by atoms with E-state index in [4.69, 9.17) is 12.2 Å². The molecule has 1 amide bonds. The Morgan fingerprint density at radius 2 is 1.86 bits per heavy atom. The minimum absolute atomic E-state index is 0.271. The van der Waals surface area contributed by atoms with E-state index in [0.717, 1.165) is 10.0 Å². The summed E-state index contributed by atoms with van der Waals surface area (Å²) in [5, 5.41) is 3.18. The molecular formula is C15H13BrFN3OS. The molecular weight excluding hydrogens is 369 g/mol. The highest BCUT2D eigenvalue weighted by molar-refractivity contribution is 9.10. The van der Waals surface area contributed by atoms with E-state index in [1.807, 2.05) is 6.07 Å². The number of benzene rings is 2. The van der Waals surface area contributed by atoms with Gasteiger partial charge in [-0.25, -0.2) is 4.39 Å². The van der Waals surface area contributed by atoms with Gasteiger partial charge in [-0.1, -0.05) is 34.1 Å². The van der Waals surface area contributed by atoms with Gasteiger partial charge in [-0.3, -0.25) is 15.6 Å². The summed E-state index contributed by atoms with van der Waals surface area (Å²) in [6.45, 7) is 0.429. The van der Waals surface area contributed by atoms with Gasteiger partial charge < -0.3 is 5.32 Å². The molecule has 0 heterocycles. The summed E-state index contributed by atoms with van der Waals surface area (Å²) in [5.41, 5.74) is 6.49. The standard InChI is InChI=1S/C15H13BrFN3OS/c16-12-3-1-2-11(8-12)14(21)19-20-15(22)18-9-10-4-6-13(17)7-5-10/h1-8H,9H2,(H,19,21)(H2,18,20,22). The van der Waals surface area contributed by atoms with E-state index in [-0.39, 0.29) is 16.8 Å². The van der Waals surface area contributed by atoms with Crippen LogP contribution in [0.15, 0.2) is 53.0 Å². The van der Waals surface area contributed by atoms with E-state index in [1.165, 1.54) is 12.1 Å². The van der Waals surface area contributed by atoms with Gasteiger partial charge in [0.05, 0.1) is 0 Å². The molecule has 0 radical (unpaired) electrons. The second-order valence-corrected chi connectivity index (χ2v) is 5.72. The zero-order valence-corrected chi connectivity index (χ0v) is 13.8. The van der Waals surface area contributed by atoms with Crippen LogP contribution in [0.4, 0.5) is 4.39 Å². The Labute approximate surface area is 141 Å². The number of amides is 1. The van der Waals surface area contributed by atoms with Gasteiger partial charge in [0.1, 0.15) is 5.82 Å². The summed E-state index contributed by atoms with van der Waals surface area (Å²) >= 11 is 8.35. The normalized spacial score (nSPS) is 9.91. The van der Waals surface area contributed by atoms with E-state index in [0.29, 0.717) is 12.1 Å². The van der Waals surface area contributed by atoms with Gasteiger partial charge in [-0.05, 0) is 48.1 Å². The van der Waals surface area contributed by atoms with Crippen molar-refractivity contribution in [3.8, 4) is 0 Å². The maximum atomic E-state index is 12.8. The molecule has 3 N–H and O–H groups in total. The third-order valence-corrected chi connectivity index (χ3v) is 3.48. The van der Waals surface area contributed by atoms with Crippen LogP contribution in [0.2, 0.25) is 0 Å². The third kappa shape index (κ3) is 5.09. The highest BCUT2D eigenvalue weighted by Gasteiger charge is 2.05. The molecule has 114 valence electrons. The predicted octanol–water partition coefficient (Wildman–Crippen LogP) is 2.90. The summed E-state index contributed by atoms with van der Waals surface area (Å²) in [5.74, 6) is -0.585. The number of hydrogen-bond donors (Lipinski definition) is 3. The molecule has 0 saturated heterocycles. The van der Waals surface area contributed by atoms with Gasteiger partial charge in [-0.2, -0.15) is 0 Å². The number of nitrogens with one attached hydrogen (secondary N) is 3. The van der Waals surface area contributed by atoms with Crippen molar-refractivity contribution in [1.82, 2.24) is 16.2 Å². The smallest absolute Gasteiger partial charge is 0.269 e. The highest BCUT2D eigenvalue weighted by atomic mass is 79.9. The van der Waals surface area contributed by atoms with E-state index < -0.39 is 0 Å². The summed E-state index contributed by atoms with van der Waals surface area (Å²) in [4.78, 5) is 11.9. The van der Waals surface area contributed by atoms with Crippen LogP contribution in [0.1, 0.15) is 15.9 Å². The Morgan fingerprint density at radius 3 is 2.55 bits per heavy atom. The molecule has 0 fully saturated rings. The topological polar surface area (TPSA) is 53.2 Å². The number of rotatable bonds is 3. The van der Waals surface area contributed by atoms with Gasteiger partial charge in [-0.15, -0.1) is 0 Å². The average molecular weight is 382 g/mol. The number of carbonyl (C=O) groups is 1. The largest absolute Gasteiger partial charge is 0.357 e. The molecule has 2 rings (SSSR count). The van der Waals surface area contributed by atoms with Crippen LogP contribution in [0.3, 0.4) is 0 Å². The van der Waals surface area contributed by atoms with Gasteiger partial charge in [0.2, 0.25) is 0 Å². The van der Waals surface area contributed by atoms with Crippen LogP contribution in [0.5, 0.6) is 0 Å². The summed E-state index contributed by atoms with van der Waals surface area (Å²) in [6.07, 6.45) is 0. The SMILES string of the molecule is O=C(NNC(=S)NCc1ccc(F)cc1)c1cccc(Br)c1. The molecule has 0 spiro atoms. The van der Waals surface area contributed by atoms with Gasteiger partial charge in [0, 0.05) is 16.6 Å². The zero-order valence-electron chi connectivity index (χ0n) is 11.4. The van der Waals surface area contributed by atoms with E-state index in [1.54, 1.807) is 30.3 Å². The van der Waals surface area contributed by atoms with Crippen molar-refractivity contribution in [2.24, 2.45) is 0 Å². The van der Waals surface area contributed by atoms with Crippen molar-refractivity contribution >= 4 is 39.2 Å². The van der Waals surface area contributed by atoms with Crippen molar-refractivity contribution in [2.75, 3.05) is 0 Å². The minimum Gasteiger partial charge on any atom is -0.357 e. The Balaban J connectivity index is 1.78. The number of hydrazine groups is 1. The van der Waals surface area contributed by atoms with Crippen LogP contribution in [0, 0.1) is 5.82 Å². The Morgan fingerprint density at radius 1 is 1.14 bits per heavy atom. The lowest BCUT2D eigenvalue weighted by Crippen LogP contribution is -2.46. The molecule has 0 aromatic heterocycles. The van der Waals surface area contributed by atoms with Crippen LogP contribution >= 0.6 is 28.1 Å². The fourth-order valence-corrected chi connectivity index (χ4v) is 2.17. The first kappa shape index (κ1) is 16.4. The van der Waals surface area contributed by atoms with Gasteiger partial charge in [0.15, 0.2) is 5.11 Å². The van der Waals surface area contributed by atoms with Gasteiger partial charge >= 0.3 is 0 Å². The molecule has 0 atom stereocenters. The molecule has 0 aliphatic carbocycles. The lowest BCUT2D eigenvalue weighted by atomic mass is 10.2. The second kappa shape index (κ2) is 7.86. The van der Waals surface area contributed by atoms with Crippen molar-refractivity contribution in [1.29, 1.82) is 0 Å². The number of hydrogen-bond acceptors (Lipinski definition) is 2. The first-order valence-corrected chi connectivity index (χ1v) is 7.59. The monoisotopic (exact) mass is 381 g/mol. The molecule has 0 aliphatic heterocycles. The molecule has 0 unspecified atom stereocenters. The highest BCUT2D eigenvalue weighted by Crippen LogP contribution is 2.11. The fourth-order valence-electron chi connectivity index (χ4n) is 1.64. The van der Waals surface area contributed by atoms with E-state index in [9.17, 15) is 9.18 Å². The zero-order chi connectivity index (χ0) is 15.9. The summed E-state index contributed by atoms with van der Waals surface area (Å²) in [7, 11) is 0. The van der Waals surface area contributed by atoms with Crippen LogP contribution in [-0.2, 0) is 6.54 Å². The van der Waals surface area contributed by atoms with Crippen molar-refractivity contribution in [3.63, 3.8) is 0 Å². The molecule has 2 aromatic rings. The molecule has 7 heteroatoms. The fraction of sp³-hybridized carbons (Fsp3) is 0.0667. The minimum atomic E-state index is -0.299. The van der Waals surface area contributed by atoms with E-state index >= 15 is 0 Å². The quantitative estimate of drug-likeness (QED) is 0.565. The van der Waals surface area contributed by atoms with E-state index in [2.05, 4.69) is 32.1 Å². The van der Waals surface area contributed by atoms with Crippen molar-refractivity contribution in [2.45, 2.75) is 6.54 Å². The molecule has 0 aliphatic rings. The maximum absolute atomic E-state index is 12.8. The lowest BCUT2D eigenvalue weighted by molar-refractivity contribution is 0.0943. The average Bonchev–Trinajstić information content (AvgIpc) is 2.52. The molecule has 2 aromatic carbocycles. The second-order valence-electron chi connectivity index (χ2n) is 4.40. The molecule has 0 bridgehead atoms. The molecule has 4 nitrogen and oxygen atoms in total. The predicted molar refractivity (Wildman–Crippen MR) is 90.6 cm³/mol. The van der Waals surface area contributed by atoms with Crippen LogP contribution < -0.4 is 16.2 Å². The maximum Gasteiger partial charge on any atom is 0.269 e. The first-order valence-electron chi connectivity index (χ1n) is 6.39. The van der Waals surface area contributed by atoms with Gasteiger partial charge in [0.25, 0.3) is 5.91 Å². The molecule has 0 saturated carbocycles. The Bertz CT molecular complexity index is 679. The van der Waals surface area contributed by atoms with Crippen molar-refractivity contribution in [3.05, 3.63) is 69.9 Å². The lowest BCUT2D eigenvalue weighted by Gasteiger charge is -2.11. The first-order chi connectivity index (χ1) is 10.5. The Hall–Kier alpha value is -1.99. The number of carbonyl (C=O) groups excluding carboxylic acids is 1. The number of halogens is 2. The van der Waals surface area contributed by atoms with Crippen LogP contribution in [-0.4, -0.2) is 11.0 Å². The summed E-state index contributed by atoms with van der Waals surface area (Å²) in [6, 6.07) is 13.1. The van der Waals surface area contributed by atoms with Crippen LogP contribution in [0.25, 0.3) is 0 Å². The molecule has 22 heavy (non-hydrogen) atoms. The number of thiocarbonyl (C=S) groups is 1.